The topological polar surface area (TPSA) is 286 Å². The van der Waals surface area contributed by atoms with Crippen molar-refractivity contribution in [3.05, 3.63) is 142 Å². The summed E-state index contributed by atoms with van der Waals surface area (Å²) in [6.07, 6.45) is -1.28. The van der Waals surface area contributed by atoms with Crippen molar-refractivity contribution < 1.29 is 79.2 Å². The van der Waals surface area contributed by atoms with Crippen molar-refractivity contribution in [2.45, 2.75) is 198 Å². The van der Waals surface area contributed by atoms with Crippen LogP contribution in [0.4, 0.5) is 26.3 Å². The fourth-order valence-electron chi connectivity index (χ4n) is 13.8. The number of sulfone groups is 3. The Labute approximate surface area is 581 Å². The summed E-state index contributed by atoms with van der Waals surface area (Å²) in [5, 5.41) is 11.6. The molecule has 0 bridgehead atoms. The number of carbonyl (C=O) groups excluding carboxylic acids is 3. The van der Waals surface area contributed by atoms with Gasteiger partial charge in [0.25, 0.3) is 17.7 Å². The number of fused-ring (bicyclic) bond motifs is 3. The number of carbonyl (C=O) groups is 3. The minimum Gasteiger partial charge on any atom is -0.454 e. The van der Waals surface area contributed by atoms with E-state index >= 15 is 0 Å². The Balaban J connectivity index is 0.000000178. The van der Waals surface area contributed by atoms with E-state index in [-0.39, 0.29) is 154 Å². The third-order valence-electron chi connectivity index (χ3n) is 19.5. The average molecular weight is 1460 g/mol. The molecule has 3 atom stereocenters. The molecule has 2 aliphatic carbocycles. The van der Waals surface area contributed by atoms with Gasteiger partial charge in [-0.1, -0.05) is 62.3 Å². The molecular weight excluding hydrogens is 1370 g/mol. The van der Waals surface area contributed by atoms with E-state index in [4.69, 9.17) is 13.3 Å². The third kappa shape index (κ3) is 18.8. The molecule has 1 unspecified atom stereocenters. The number of halogens is 6. The zero-order valence-electron chi connectivity index (χ0n) is 57.8. The maximum Gasteiger partial charge on any atom is 0.391 e. The second-order valence-corrected chi connectivity index (χ2v) is 34.4. The first-order valence-corrected chi connectivity index (χ1v) is 39.1. The molecular formula is C70H91F6N9O12S3. The third-order valence-corrected chi connectivity index (χ3v) is 24.7. The van der Waals surface area contributed by atoms with Gasteiger partial charge in [-0.3, -0.25) is 39.1 Å². The van der Waals surface area contributed by atoms with Crippen LogP contribution in [-0.4, -0.2) is 110 Å². The van der Waals surface area contributed by atoms with Gasteiger partial charge in [0.2, 0.25) is 0 Å². The summed E-state index contributed by atoms with van der Waals surface area (Å²) in [5.41, 5.74) is 4.50. The van der Waals surface area contributed by atoms with Gasteiger partial charge in [-0.2, -0.15) is 26.3 Å². The number of amides is 3. The molecule has 3 aliphatic heterocycles. The van der Waals surface area contributed by atoms with Crippen LogP contribution in [0.25, 0.3) is 0 Å². The molecule has 548 valence electrons. The predicted molar refractivity (Wildman–Crippen MR) is 359 cm³/mol. The molecule has 11 rings (SSSR count). The molecule has 3 amide bonds. The Morgan fingerprint density at radius 2 is 0.810 bits per heavy atom. The predicted octanol–water partition coefficient (Wildman–Crippen LogP) is 12.8. The number of nitrogens with zero attached hydrogens (tertiary/aromatic N) is 5. The van der Waals surface area contributed by atoms with Crippen molar-refractivity contribution in [2.24, 2.45) is 41.4 Å². The van der Waals surface area contributed by atoms with Crippen LogP contribution < -0.4 is 21.3 Å². The van der Waals surface area contributed by atoms with Crippen molar-refractivity contribution in [3.63, 3.8) is 0 Å². The van der Waals surface area contributed by atoms with E-state index in [1.54, 1.807) is 57.2 Å². The number of furan rings is 3. The van der Waals surface area contributed by atoms with Crippen molar-refractivity contribution in [3.8, 4) is 0 Å². The number of alkyl halides is 6. The van der Waals surface area contributed by atoms with E-state index in [1.807, 2.05) is 0 Å². The molecule has 6 aromatic heterocycles. The van der Waals surface area contributed by atoms with Gasteiger partial charge in [-0.15, -0.1) is 0 Å². The molecule has 30 heteroatoms. The number of rotatable bonds is 22. The van der Waals surface area contributed by atoms with Crippen LogP contribution in [0, 0.1) is 41.4 Å². The highest BCUT2D eigenvalue weighted by molar-refractivity contribution is 7.92. The van der Waals surface area contributed by atoms with E-state index < -0.39 is 53.7 Å². The van der Waals surface area contributed by atoms with Gasteiger partial charge >= 0.3 is 12.4 Å². The first-order valence-electron chi connectivity index (χ1n) is 34.2. The Morgan fingerprint density at radius 3 is 1.09 bits per heavy atom. The lowest BCUT2D eigenvalue weighted by Gasteiger charge is -2.35. The summed E-state index contributed by atoms with van der Waals surface area (Å²) in [6.45, 7) is 21.0. The SMILES string of the molecule is CCS(=O)(=O)c1ccc(CNC(=O)c2cc3c(o2)C(C(C)C)NC3)nc1.CCS(=O)(=O)c1ccc(CNC(=O)c2cc3c(o2)[C@@H](C(C)C)N(CC2CCC(C(F)(F)F)CC2)C3)nc1.CCS(=O)(=O)c1ccc(CNC(=O)c2cc3c(o2)[C@H](C(C)C)N(CC2CCC(C(F)(F)F)CC2)C3)nc1. The second kappa shape index (κ2) is 32.1. The highest BCUT2D eigenvalue weighted by Crippen LogP contribution is 2.47. The van der Waals surface area contributed by atoms with Gasteiger partial charge in [0, 0.05) is 68.0 Å². The quantitative estimate of drug-likeness (QED) is 0.0459. The molecule has 0 saturated heterocycles. The number of pyridine rings is 3. The van der Waals surface area contributed by atoms with Gasteiger partial charge < -0.3 is 34.5 Å². The largest absolute Gasteiger partial charge is 0.454 e. The fraction of sp³-hybridized carbons (Fsp3) is 0.571. The summed E-state index contributed by atoms with van der Waals surface area (Å²) < 4.78 is 167. The van der Waals surface area contributed by atoms with Crippen LogP contribution in [-0.2, 0) is 68.8 Å². The van der Waals surface area contributed by atoms with Crippen LogP contribution in [0.1, 0.15) is 215 Å². The first kappa shape index (κ1) is 77.2. The highest BCUT2D eigenvalue weighted by Gasteiger charge is 2.46. The number of aromatic nitrogens is 3. The molecule has 21 nitrogen and oxygen atoms in total. The second-order valence-electron chi connectivity index (χ2n) is 27.6. The van der Waals surface area contributed by atoms with Gasteiger partial charge in [0.05, 0.1) is 98.6 Å². The molecule has 4 N–H and O–H groups in total. The average Bonchev–Trinajstić information content (AvgIpc) is 1.63. The lowest BCUT2D eigenvalue weighted by atomic mass is 9.81. The van der Waals surface area contributed by atoms with E-state index in [0.29, 0.717) is 81.4 Å². The van der Waals surface area contributed by atoms with Gasteiger partial charge in [0.15, 0.2) is 46.8 Å². The summed E-state index contributed by atoms with van der Waals surface area (Å²) >= 11 is 0. The number of hydrogen-bond donors (Lipinski definition) is 4. The Hall–Kier alpha value is -6.99. The van der Waals surface area contributed by atoms with Crippen molar-refractivity contribution in [1.82, 2.24) is 46.0 Å². The molecule has 100 heavy (non-hydrogen) atoms. The minimum absolute atomic E-state index is 0.0120. The zero-order valence-corrected chi connectivity index (χ0v) is 60.2. The molecule has 6 aromatic rings. The lowest BCUT2D eigenvalue weighted by Crippen LogP contribution is -2.35. The van der Waals surface area contributed by atoms with E-state index in [0.717, 1.165) is 34.0 Å². The van der Waals surface area contributed by atoms with Crippen LogP contribution in [0.15, 0.2) is 101 Å². The van der Waals surface area contributed by atoms with Crippen LogP contribution in [0.2, 0.25) is 0 Å². The first-order chi connectivity index (χ1) is 47.1. The monoisotopic (exact) mass is 1460 g/mol. The highest BCUT2D eigenvalue weighted by atomic mass is 32.2. The zero-order chi connectivity index (χ0) is 72.8. The van der Waals surface area contributed by atoms with Crippen molar-refractivity contribution in [1.29, 1.82) is 0 Å². The van der Waals surface area contributed by atoms with Gasteiger partial charge in [-0.25, -0.2) is 25.3 Å². The molecule has 5 aliphatic rings. The normalized spacial score (nSPS) is 21.2. The molecule has 0 aromatic carbocycles. The lowest BCUT2D eigenvalue weighted by molar-refractivity contribution is -0.185. The Morgan fingerprint density at radius 1 is 0.490 bits per heavy atom. The summed E-state index contributed by atoms with van der Waals surface area (Å²) in [4.78, 5) is 55.2. The molecule has 2 saturated carbocycles. The summed E-state index contributed by atoms with van der Waals surface area (Å²) in [5.74, 6) is 0.785. The van der Waals surface area contributed by atoms with Crippen molar-refractivity contribution in [2.75, 3.05) is 30.3 Å². The fourth-order valence-corrected chi connectivity index (χ4v) is 16.3. The van der Waals surface area contributed by atoms with E-state index in [2.05, 4.69) is 87.6 Å². The molecule has 9 heterocycles. The van der Waals surface area contributed by atoms with Crippen LogP contribution in [0.3, 0.4) is 0 Å². The van der Waals surface area contributed by atoms with Crippen LogP contribution >= 0.6 is 0 Å². The van der Waals surface area contributed by atoms with E-state index in [1.165, 1.54) is 36.8 Å². The van der Waals surface area contributed by atoms with Gasteiger partial charge in [-0.05, 0) is 136 Å². The maximum atomic E-state index is 13.0. The Kier molecular flexibility index (Phi) is 24.8. The summed E-state index contributed by atoms with van der Waals surface area (Å²) in [6, 6.07) is 14.5. The maximum absolute atomic E-state index is 13.0. The number of hydrogen-bond acceptors (Lipinski definition) is 18. The standard InChI is InChI=1S/2C26H34F3N3O4S.C18H23N3O4S/c2*1-4-37(34,35)21-10-9-20(30-13-21)12-31-25(33)22-11-18-15-32(23(16(2)3)24(18)36-22)14-17-5-7-19(8-6-17)26(27,28)29;1-4-26(23,24)14-6-5-13(19-10-14)9-21-18(22)15-7-12-8-20-16(11(2)3)17(12)25-15/h2*9-11,13,16-17,19,23H,4-8,12,14-15H2,1-3H3,(H,31,33);5-7,10-11,16,20H,4,8-9H2,1-3H3,(H,21,22)/t2*17?,19?,23-;/m10./s1. The molecule has 0 spiro atoms. The van der Waals surface area contributed by atoms with Crippen LogP contribution in [0.5, 0.6) is 0 Å². The molecule has 2 fully saturated rings. The number of nitrogens with one attached hydrogen (secondary N) is 4. The Bertz CT molecular complexity index is 3950. The summed E-state index contributed by atoms with van der Waals surface area (Å²) in [7, 11) is -9.94. The molecule has 0 radical (unpaired) electrons. The minimum atomic E-state index is -4.10. The van der Waals surface area contributed by atoms with Crippen molar-refractivity contribution >= 4 is 47.2 Å². The van der Waals surface area contributed by atoms with Gasteiger partial charge in [0.1, 0.15) is 17.3 Å². The smallest absolute Gasteiger partial charge is 0.391 e. The van der Waals surface area contributed by atoms with E-state index in [9.17, 15) is 66.0 Å².